The van der Waals surface area contributed by atoms with E-state index in [1.807, 2.05) is 79.0 Å². The van der Waals surface area contributed by atoms with Crippen molar-refractivity contribution in [3.63, 3.8) is 0 Å². The Labute approximate surface area is 169 Å². The molecule has 1 fully saturated rings. The van der Waals surface area contributed by atoms with Crippen LogP contribution in [0.5, 0.6) is 0 Å². The average molecular weight is 401 g/mol. The fourth-order valence-corrected chi connectivity index (χ4v) is 4.67. The molecule has 1 heterocycles. The van der Waals surface area contributed by atoms with Crippen molar-refractivity contribution in [2.45, 2.75) is 24.0 Å². The minimum atomic E-state index is -0.209. The lowest BCUT2D eigenvalue weighted by molar-refractivity contribution is -0.115. The molecule has 0 saturated carbocycles. The van der Waals surface area contributed by atoms with Gasteiger partial charge in [-0.3, -0.25) is 9.59 Å². The summed E-state index contributed by atoms with van der Waals surface area (Å²) in [5.41, 5.74) is 2.34. The molecule has 6 heteroatoms. The molecular formula is C21H24N2O2S2. The highest BCUT2D eigenvalue weighted by atomic mass is 32.2. The van der Waals surface area contributed by atoms with E-state index < -0.39 is 0 Å². The predicted molar refractivity (Wildman–Crippen MR) is 115 cm³/mol. The molecule has 27 heavy (non-hydrogen) atoms. The molecule has 3 rings (SSSR count). The first-order chi connectivity index (χ1) is 13.0. The number of carbonyl (C=O) groups is 2. The van der Waals surface area contributed by atoms with Gasteiger partial charge in [-0.05, 0) is 49.7 Å². The van der Waals surface area contributed by atoms with Crippen LogP contribution in [0.25, 0.3) is 0 Å². The minimum Gasteiger partial charge on any atom is -0.337 e. The van der Waals surface area contributed by atoms with Crippen LogP contribution in [0, 0.1) is 6.92 Å². The first-order valence-electron chi connectivity index (χ1n) is 9.05. The van der Waals surface area contributed by atoms with Crippen molar-refractivity contribution >= 4 is 41.0 Å². The summed E-state index contributed by atoms with van der Waals surface area (Å²) in [6.07, 6.45) is 0. The van der Waals surface area contributed by atoms with Crippen molar-refractivity contribution in [1.29, 1.82) is 0 Å². The monoisotopic (exact) mass is 400 g/mol. The third-order valence-corrected chi connectivity index (χ3v) is 6.51. The van der Waals surface area contributed by atoms with Gasteiger partial charge in [0.05, 0.1) is 5.25 Å². The van der Waals surface area contributed by atoms with Crippen LogP contribution in [0.2, 0.25) is 0 Å². The van der Waals surface area contributed by atoms with E-state index in [1.165, 1.54) is 11.8 Å². The van der Waals surface area contributed by atoms with Gasteiger partial charge in [0, 0.05) is 40.7 Å². The summed E-state index contributed by atoms with van der Waals surface area (Å²) in [7, 11) is 0. The Bertz CT molecular complexity index is 805. The lowest BCUT2D eigenvalue weighted by Crippen LogP contribution is -2.37. The number of hydrogen-bond donors (Lipinski definition) is 1. The third-order valence-electron chi connectivity index (χ3n) is 4.45. The van der Waals surface area contributed by atoms with Crippen molar-refractivity contribution < 1.29 is 9.59 Å². The van der Waals surface area contributed by atoms with Crippen LogP contribution in [0.4, 0.5) is 5.69 Å². The van der Waals surface area contributed by atoms with Crippen LogP contribution in [-0.4, -0.2) is 46.6 Å². The van der Waals surface area contributed by atoms with E-state index in [0.29, 0.717) is 5.56 Å². The first-order valence-corrected chi connectivity index (χ1v) is 11.1. The smallest absolute Gasteiger partial charge is 0.253 e. The van der Waals surface area contributed by atoms with E-state index in [-0.39, 0.29) is 17.1 Å². The second-order valence-corrected chi connectivity index (χ2v) is 9.14. The Balaban J connectivity index is 1.63. The minimum absolute atomic E-state index is 0.0425. The fraction of sp³-hybridized carbons (Fsp3) is 0.333. The normalized spacial score (nSPS) is 15.3. The van der Waals surface area contributed by atoms with Crippen molar-refractivity contribution in [1.82, 2.24) is 4.90 Å². The summed E-state index contributed by atoms with van der Waals surface area (Å²) < 4.78 is 0. The van der Waals surface area contributed by atoms with Gasteiger partial charge >= 0.3 is 0 Å². The van der Waals surface area contributed by atoms with Gasteiger partial charge in [-0.1, -0.05) is 18.2 Å². The second-order valence-electron chi connectivity index (χ2n) is 6.50. The fourth-order valence-electron chi connectivity index (χ4n) is 2.88. The molecule has 0 aromatic heterocycles. The number of aryl methyl sites for hydroxylation is 1. The van der Waals surface area contributed by atoms with Crippen molar-refractivity contribution in [3.8, 4) is 0 Å². The Kier molecular flexibility index (Phi) is 6.85. The number of hydrogen-bond acceptors (Lipinski definition) is 4. The predicted octanol–water partition coefficient (Wildman–Crippen LogP) is 4.30. The molecule has 0 radical (unpaired) electrons. The van der Waals surface area contributed by atoms with Gasteiger partial charge < -0.3 is 10.2 Å². The van der Waals surface area contributed by atoms with Gasteiger partial charge in [0.15, 0.2) is 0 Å². The average Bonchev–Trinajstić information content (AvgIpc) is 2.70. The maximum absolute atomic E-state index is 12.6. The molecule has 0 bridgehead atoms. The topological polar surface area (TPSA) is 49.4 Å². The lowest BCUT2D eigenvalue weighted by Gasteiger charge is -2.26. The maximum Gasteiger partial charge on any atom is 0.253 e. The highest BCUT2D eigenvalue weighted by molar-refractivity contribution is 8.00. The van der Waals surface area contributed by atoms with E-state index >= 15 is 0 Å². The van der Waals surface area contributed by atoms with Gasteiger partial charge in [-0.25, -0.2) is 0 Å². The number of nitrogens with one attached hydrogen (secondary N) is 1. The summed E-state index contributed by atoms with van der Waals surface area (Å²) in [6, 6.07) is 15.4. The summed E-state index contributed by atoms with van der Waals surface area (Å²) in [5, 5.41) is 2.78. The first kappa shape index (κ1) is 19.8. The molecule has 2 aromatic carbocycles. The molecule has 2 aromatic rings. The van der Waals surface area contributed by atoms with E-state index in [4.69, 9.17) is 0 Å². The molecule has 1 aliphatic rings. The summed E-state index contributed by atoms with van der Waals surface area (Å²) in [4.78, 5) is 28.1. The number of thioether (sulfide) groups is 2. The largest absolute Gasteiger partial charge is 0.337 e. The van der Waals surface area contributed by atoms with Crippen LogP contribution < -0.4 is 5.32 Å². The van der Waals surface area contributed by atoms with E-state index in [2.05, 4.69) is 5.32 Å². The van der Waals surface area contributed by atoms with Gasteiger partial charge in [0.2, 0.25) is 5.91 Å². The zero-order chi connectivity index (χ0) is 19.2. The lowest BCUT2D eigenvalue weighted by atomic mass is 10.1. The van der Waals surface area contributed by atoms with Crippen LogP contribution in [0.1, 0.15) is 22.8 Å². The standard InChI is InChI=1S/C21H24N2O2S2/c1-15-14-17(21(25)23-10-12-26-13-11-23)8-9-19(15)22-20(24)16(2)27-18-6-4-3-5-7-18/h3-9,14,16H,10-13H2,1-2H3,(H,22,24). The Hall–Kier alpha value is -1.92. The van der Waals surface area contributed by atoms with Crippen molar-refractivity contribution in [3.05, 3.63) is 59.7 Å². The number of rotatable bonds is 5. The molecule has 1 atom stereocenters. The highest BCUT2D eigenvalue weighted by Crippen LogP contribution is 2.25. The molecule has 4 nitrogen and oxygen atoms in total. The maximum atomic E-state index is 12.6. The molecular weight excluding hydrogens is 376 g/mol. The SMILES string of the molecule is Cc1cc(C(=O)N2CCSCC2)ccc1NC(=O)C(C)Sc1ccccc1. The second kappa shape index (κ2) is 9.33. The van der Waals surface area contributed by atoms with Gasteiger partial charge in [0.1, 0.15) is 0 Å². The number of carbonyl (C=O) groups excluding carboxylic acids is 2. The van der Waals surface area contributed by atoms with E-state index in [9.17, 15) is 9.59 Å². The number of amides is 2. The quantitative estimate of drug-likeness (QED) is 0.760. The van der Waals surface area contributed by atoms with Crippen LogP contribution in [0.3, 0.4) is 0 Å². The third kappa shape index (κ3) is 5.30. The molecule has 2 amide bonds. The number of anilines is 1. The Morgan fingerprint density at radius 2 is 1.81 bits per heavy atom. The van der Waals surface area contributed by atoms with Crippen molar-refractivity contribution in [2.75, 3.05) is 29.9 Å². The van der Waals surface area contributed by atoms with Gasteiger partial charge in [0.25, 0.3) is 5.91 Å². The zero-order valence-corrected chi connectivity index (χ0v) is 17.2. The zero-order valence-electron chi connectivity index (χ0n) is 15.6. The molecule has 0 spiro atoms. The van der Waals surface area contributed by atoms with Crippen LogP contribution in [-0.2, 0) is 4.79 Å². The van der Waals surface area contributed by atoms with Gasteiger partial charge in [-0.15, -0.1) is 11.8 Å². The molecule has 1 N–H and O–H groups in total. The summed E-state index contributed by atoms with van der Waals surface area (Å²) in [6.45, 7) is 5.42. The molecule has 1 saturated heterocycles. The van der Waals surface area contributed by atoms with E-state index in [1.54, 1.807) is 0 Å². The summed E-state index contributed by atoms with van der Waals surface area (Å²) >= 11 is 3.41. The number of benzene rings is 2. The molecule has 142 valence electrons. The molecule has 0 aliphatic carbocycles. The van der Waals surface area contributed by atoms with Crippen molar-refractivity contribution in [2.24, 2.45) is 0 Å². The summed E-state index contributed by atoms with van der Waals surface area (Å²) in [5.74, 6) is 2.02. The Morgan fingerprint density at radius 3 is 2.48 bits per heavy atom. The highest BCUT2D eigenvalue weighted by Gasteiger charge is 2.20. The van der Waals surface area contributed by atoms with Crippen LogP contribution in [0.15, 0.2) is 53.4 Å². The van der Waals surface area contributed by atoms with E-state index in [0.717, 1.165) is 40.7 Å². The van der Waals surface area contributed by atoms with Gasteiger partial charge in [-0.2, -0.15) is 11.8 Å². The Morgan fingerprint density at radius 1 is 1.11 bits per heavy atom. The molecule has 1 aliphatic heterocycles. The number of nitrogens with zero attached hydrogens (tertiary/aromatic N) is 1. The van der Waals surface area contributed by atoms with Crippen LogP contribution >= 0.6 is 23.5 Å². The molecule has 1 unspecified atom stereocenters.